The largest absolute Gasteiger partial charge is 0.388 e. The van der Waals surface area contributed by atoms with Crippen LogP contribution in [0.4, 0.5) is 0 Å². The lowest BCUT2D eigenvalue weighted by molar-refractivity contribution is -0.151. The lowest BCUT2D eigenvalue weighted by Gasteiger charge is -2.38. The van der Waals surface area contributed by atoms with E-state index in [1.807, 2.05) is 0 Å². The molecule has 5 atom stereocenters. The maximum absolute atomic E-state index is 10.4. The van der Waals surface area contributed by atoms with Gasteiger partial charge in [-0.2, -0.15) is 0 Å². The molecule has 0 amide bonds. The summed E-state index contributed by atoms with van der Waals surface area (Å²) in [7, 11) is 0. The molecule has 7 heteroatoms. The molecule has 0 aromatic heterocycles. The molecule has 3 fully saturated rings. The van der Waals surface area contributed by atoms with Gasteiger partial charge in [0.25, 0.3) is 0 Å². The van der Waals surface area contributed by atoms with Crippen LogP contribution >= 0.6 is 11.8 Å². The highest BCUT2D eigenvalue weighted by atomic mass is 32.2. The fraction of sp³-hybridized carbons (Fsp3) is 0.933. The summed E-state index contributed by atoms with van der Waals surface area (Å²) in [6.07, 6.45) is 4.12. The Kier molecular flexibility index (Phi) is 4.34. The Balaban J connectivity index is 1.36. The van der Waals surface area contributed by atoms with Gasteiger partial charge in [0.15, 0.2) is 5.17 Å². The summed E-state index contributed by atoms with van der Waals surface area (Å²) in [5.74, 6) is 0. The fourth-order valence-corrected chi connectivity index (χ4v) is 4.94. The second kappa shape index (κ2) is 6.28. The third-order valence-corrected chi connectivity index (χ3v) is 6.44. The number of amidine groups is 1. The number of likely N-dealkylation sites (tertiary alicyclic amines) is 1. The second-order valence-electron chi connectivity index (χ2n) is 6.77. The number of aliphatic hydroxyl groups excluding tert-OH is 2. The van der Waals surface area contributed by atoms with Crippen LogP contribution in [0.25, 0.3) is 0 Å². The first-order valence-electron chi connectivity index (χ1n) is 8.47. The van der Waals surface area contributed by atoms with Crippen LogP contribution in [0.15, 0.2) is 4.99 Å². The monoisotopic (exact) mass is 327 g/mol. The van der Waals surface area contributed by atoms with Gasteiger partial charge in [-0.05, 0) is 19.3 Å². The first-order valence-corrected chi connectivity index (χ1v) is 9.35. The molecule has 0 radical (unpaired) electrons. The molecular formula is C15H25N3O3S. The normalized spacial score (nSPS) is 42.2. The number of hydrogen-bond donors (Lipinski definition) is 3. The van der Waals surface area contributed by atoms with E-state index in [1.165, 1.54) is 32.1 Å². The average Bonchev–Trinajstić information content (AvgIpc) is 3.08. The molecule has 3 N–H and O–H groups in total. The van der Waals surface area contributed by atoms with Crippen LogP contribution in [0, 0.1) is 0 Å². The van der Waals surface area contributed by atoms with Gasteiger partial charge in [0, 0.05) is 25.7 Å². The summed E-state index contributed by atoms with van der Waals surface area (Å²) in [4.78, 5) is 6.81. The van der Waals surface area contributed by atoms with Gasteiger partial charge in [-0.3, -0.25) is 4.99 Å². The summed E-state index contributed by atoms with van der Waals surface area (Å²) < 4.78 is 6.05. The molecule has 0 bridgehead atoms. The fourth-order valence-electron chi connectivity index (χ4n) is 3.66. The van der Waals surface area contributed by atoms with E-state index in [0.717, 1.165) is 18.3 Å². The summed E-state index contributed by atoms with van der Waals surface area (Å²) in [6.45, 7) is 2.68. The zero-order valence-corrected chi connectivity index (χ0v) is 13.5. The lowest BCUT2D eigenvalue weighted by Crippen LogP contribution is -2.57. The van der Waals surface area contributed by atoms with Gasteiger partial charge >= 0.3 is 0 Å². The van der Waals surface area contributed by atoms with Crippen LogP contribution < -0.4 is 5.32 Å². The molecule has 124 valence electrons. The van der Waals surface area contributed by atoms with Gasteiger partial charge in [-0.15, -0.1) is 0 Å². The number of aliphatic hydroxyl groups is 2. The maximum Gasteiger partial charge on any atom is 0.162 e. The molecule has 0 aromatic carbocycles. The molecule has 0 spiro atoms. The molecular weight excluding hydrogens is 302 g/mol. The van der Waals surface area contributed by atoms with Crippen molar-refractivity contribution >= 4 is 16.9 Å². The van der Waals surface area contributed by atoms with E-state index in [1.54, 1.807) is 11.8 Å². The molecule has 3 heterocycles. The summed E-state index contributed by atoms with van der Waals surface area (Å²) in [5, 5.41) is 25.2. The molecule has 0 aromatic rings. The van der Waals surface area contributed by atoms with Crippen molar-refractivity contribution in [2.45, 2.75) is 67.9 Å². The Morgan fingerprint density at radius 1 is 1.18 bits per heavy atom. The summed E-state index contributed by atoms with van der Waals surface area (Å²) >= 11 is 1.60. The predicted molar refractivity (Wildman–Crippen MR) is 85.9 cm³/mol. The van der Waals surface area contributed by atoms with Gasteiger partial charge < -0.3 is 25.2 Å². The number of hydrogen-bond acceptors (Lipinski definition) is 7. The molecule has 2 saturated heterocycles. The van der Waals surface area contributed by atoms with Crippen molar-refractivity contribution in [3.8, 4) is 0 Å². The van der Waals surface area contributed by atoms with Crippen molar-refractivity contribution in [3.63, 3.8) is 0 Å². The minimum atomic E-state index is -0.866. The van der Waals surface area contributed by atoms with Crippen LogP contribution in [0.1, 0.15) is 32.1 Å². The molecule has 3 unspecified atom stereocenters. The Morgan fingerprint density at radius 2 is 1.95 bits per heavy atom. The molecule has 4 aliphatic rings. The minimum absolute atomic E-state index is 0.163. The van der Waals surface area contributed by atoms with Crippen molar-refractivity contribution in [1.29, 1.82) is 0 Å². The van der Waals surface area contributed by atoms with E-state index in [-0.39, 0.29) is 17.6 Å². The van der Waals surface area contributed by atoms with Crippen LogP contribution in [0.5, 0.6) is 0 Å². The average molecular weight is 327 g/mol. The molecule has 1 saturated carbocycles. The number of thioether (sulfide) groups is 1. The van der Waals surface area contributed by atoms with Gasteiger partial charge in [0.2, 0.25) is 0 Å². The third-order valence-electron chi connectivity index (χ3n) is 5.24. The lowest BCUT2D eigenvalue weighted by atomic mass is 9.98. The van der Waals surface area contributed by atoms with Crippen molar-refractivity contribution < 1.29 is 14.9 Å². The SMILES string of the molecule is OC1C(CNC2CCCC2)OC2SC(N3CCC3)=N[C@@H]2[C@H]1O. The number of nitrogens with zero attached hydrogens (tertiary/aromatic N) is 2. The standard InChI is InChI=1S/C15H25N3O3S/c19-12-10(8-16-9-4-1-2-5-9)21-14-11(13(12)20)17-15(22-14)18-6-3-7-18/h9-14,16,19-20H,1-8H2/t10?,11-,12?,13-,14?/m1/s1. The highest BCUT2D eigenvalue weighted by molar-refractivity contribution is 8.14. The Morgan fingerprint density at radius 3 is 2.64 bits per heavy atom. The van der Waals surface area contributed by atoms with E-state index in [4.69, 9.17) is 4.74 Å². The molecule has 22 heavy (non-hydrogen) atoms. The zero-order valence-electron chi connectivity index (χ0n) is 12.7. The smallest absolute Gasteiger partial charge is 0.162 e. The minimum Gasteiger partial charge on any atom is -0.388 e. The maximum atomic E-state index is 10.4. The number of rotatable bonds is 3. The zero-order chi connectivity index (χ0) is 15.1. The Hall–Kier alpha value is -0.340. The Labute approximate surface area is 135 Å². The number of nitrogens with one attached hydrogen (secondary N) is 1. The van der Waals surface area contributed by atoms with E-state index in [9.17, 15) is 10.2 Å². The first kappa shape index (κ1) is 15.2. The highest BCUT2D eigenvalue weighted by Crippen LogP contribution is 2.38. The number of fused-ring (bicyclic) bond motifs is 1. The van der Waals surface area contributed by atoms with Crippen molar-refractivity contribution in [3.05, 3.63) is 0 Å². The van der Waals surface area contributed by atoms with Crippen molar-refractivity contribution in [2.75, 3.05) is 19.6 Å². The van der Waals surface area contributed by atoms with Gasteiger partial charge in [0.05, 0.1) is 0 Å². The highest BCUT2D eigenvalue weighted by Gasteiger charge is 2.49. The summed E-state index contributed by atoms with van der Waals surface area (Å²) in [5.41, 5.74) is -0.163. The van der Waals surface area contributed by atoms with Gasteiger partial charge in [0.1, 0.15) is 29.8 Å². The number of ether oxygens (including phenoxy) is 1. The van der Waals surface area contributed by atoms with E-state index < -0.39 is 12.2 Å². The molecule has 4 rings (SSSR count). The van der Waals surface area contributed by atoms with Crippen molar-refractivity contribution in [1.82, 2.24) is 10.2 Å². The predicted octanol–water partition coefficient (Wildman–Crippen LogP) is 0.142. The second-order valence-corrected chi connectivity index (χ2v) is 7.84. The van der Waals surface area contributed by atoms with Crippen LogP contribution in [0.3, 0.4) is 0 Å². The Bertz CT molecular complexity index is 440. The third kappa shape index (κ3) is 2.78. The van der Waals surface area contributed by atoms with E-state index >= 15 is 0 Å². The summed E-state index contributed by atoms with van der Waals surface area (Å²) in [6, 6.07) is 0.202. The molecule has 1 aliphatic carbocycles. The molecule has 3 aliphatic heterocycles. The van der Waals surface area contributed by atoms with Crippen LogP contribution in [-0.4, -0.2) is 75.7 Å². The van der Waals surface area contributed by atoms with Gasteiger partial charge in [-0.25, -0.2) is 0 Å². The number of aliphatic imine (C=N–C) groups is 1. The quantitative estimate of drug-likeness (QED) is 0.685. The van der Waals surface area contributed by atoms with E-state index in [2.05, 4.69) is 15.2 Å². The molecule has 6 nitrogen and oxygen atoms in total. The van der Waals surface area contributed by atoms with Crippen molar-refractivity contribution in [2.24, 2.45) is 4.99 Å². The van der Waals surface area contributed by atoms with Gasteiger partial charge in [-0.1, -0.05) is 24.6 Å². The topological polar surface area (TPSA) is 77.3 Å². The van der Waals surface area contributed by atoms with E-state index in [0.29, 0.717) is 12.6 Å². The van der Waals surface area contributed by atoms with Crippen LogP contribution in [-0.2, 0) is 4.74 Å². The first-order chi connectivity index (χ1) is 10.7. The van der Waals surface area contributed by atoms with Crippen LogP contribution in [0.2, 0.25) is 0 Å².